The van der Waals surface area contributed by atoms with Crippen LogP contribution >= 0.6 is 0 Å². The summed E-state index contributed by atoms with van der Waals surface area (Å²) in [4.78, 5) is 17.3. The molecule has 31 heavy (non-hydrogen) atoms. The third kappa shape index (κ3) is 3.96. The molecule has 0 aliphatic rings. The molecule has 1 N–H and O–H groups in total. The molecule has 0 unspecified atom stereocenters. The van der Waals surface area contributed by atoms with Crippen LogP contribution < -0.4 is 5.32 Å². The van der Waals surface area contributed by atoms with Crippen molar-refractivity contribution in [3.8, 4) is 0 Å². The lowest BCUT2D eigenvalue weighted by Gasteiger charge is -2.18. The molecule has 0 aliphatic heterocycles. The average Bonchev–Trinajstić information content (AvgIpc) is 3.11. The van der Waals surface area contributed by atoms with Crippen molar-refractivity contribution in [1.82, 2.24) is 14.9 Å². The molecule has 0 bridgehead atoms. The third-order valence-corrected chi connectivity index (χ3v) is 6.10. The summed E-state index contributed by atoms with van der Waals surface area (Å²) < 4.78 is 16.1. The zero-order valence-electron chi connectivity index (χ0n) is 18.3. The maximum absolute atomic E-state index is 14.0. The van der Waals surface area contributed by atoms with Crippen LogP contribution in [0.25, 0.3) is 11.0 Å². The Balaban J connectivity index is 1.71. The number of amides is 1. The summed E-state index contributed by atoms with van der Waals surface area (Å²) in [5, 5.41) is 2.83. The molecule has 0 saturated heterocycles. The fourth-order valence-electron chi connectivity index (χ4n) is 4.03. The van der Waals surface area contributed by atoms with Crippen LogP contribution in [0.5, 0.6) is 0 Å². The first-order valence-corrected chi connectivity index (χ1v) is 10.4. The maximum Gasteiger partial charge on any atom is 0.254 e. The molecule has 1 aromatic heterocycles. The van der Waals surface area contributed by atoms with Crippen LogP contribution in [-0.2, 0) is 13.1 Å². The first kappa shape index (κ1) is 20.8. The van der Waals surface area contributed by atoms with Gasteiger partial charge in [-0.1, -0.05) is 30.3 Å². The molecule has 1 amide bonds. The number of benzene rings is 3. The fraction of sp³-hybridized carbons (Fsp3) is 0.231. The van der Waals surface area contributed by atoms with E-state index >= 15 is 0 Å². The van der Waals surface area contributed by atoms with Crippen LogP contribution in [0.4, 0.5) is 4.39 Å². The number of nitrogens with one attached hydrogen (secondary N) is 1. The minimum Gasteiger partial charge on any atom is -0.345 e. The number of carbonyl (C=O) groups is 1. The summed E-state index contributed by atoms with van der Waals surface area (Å²) in [6.45, 7) is 9.43. The minimum atomic E-state index is -0.532. The predicted octanol–water partition coefficient (Wildman–Crippen LogP) is 5.39. The standard InChI is InChI=1S/C26H26FN3O/c1-16-13-17(2)19(4)21(18(16)3)15-30-24-12-8-7-11-23(24)29-25(30)14-28-26(31)20-9-5-6-10-22(20)27/h5-13H,14-15H2,1-4H3,(H,28,31). The molecule has 0 fully saturated rings. The van der Waals surface area contributed by atoms with Gasteiger partial charge in [0.2, 0.25) is 0 Å². The van der Waals surface area contributed by atoms with E-state index in [9.17, 15) is 9.18 Å². The lowest BCUT2D eigenvalue weighted by molar-refractivity contribution is 0.0945. The van der Waals surface area contributed by atoms with E-state index < -0.39 is 11.7 Å². The minimum absolute atomic E-state index is 0.0335. The molecule has 0 aliphatic carbocycles. The zero-order chi connectivity index (χ0) is 22.1. The van der Waals surface area contributed by atoms with E-state index in [0.29, 0.717) is 6.54 Å². The molecule has 4 nitrogen and oxygen atoms in total. The highest BCUT2D eigenvalue weighted by atomic mass is 19.1. The molecular formula is C26H26FN3O. The number of aryl methyl sites for hydroxylation is 2. The quantitative estimate of drug-likeness (QED) is 0.475. The van der Waals surface area contributed by atoms with Crippen LogP contribution in [-0.4, -0.2) is 15.5 Å². The molecule has 0 spiro atoms. The summed E-state index contributed by atoms with van der Waals surface area (Å²) in [6.07, 6.45) is 0. The second-order valence-corrected chi connectivity index (χ2v) is 8.00. The van der Waals surface area contributed by atoms with Crippen molar-refractivity contribution >= 4 is 16.9 Å². The molecule has 5 heteroatoms. The number of hydrogen-bond acceptors (Lipinski definition) is 2. The third-order valence-electron chi connectivity index (χ3n) is 6.10. The van der Waals surface area contributed by atoms with Crippen molar-refractivity contribution in [2.24, 2.45) is 0 Å². The Morgan fingerprint density at radius 3 is 2.32 bits per heavy atom. The maximum atomic E-state index is 14.0. The molecule has 4 rings (SSSR count). The summed E-state index contributed by atoms with van der Waals surface area (Å²) in [5.41, 5.74) is 8.24. The Bertz CT molecular complexity index is 1260. The van der Waals surface area contributed by atoms with Gasteiger partial charge in [0.15, 0.2) is 0 Å². The van der Waals surface area contributed by atoms with Crippen molar-refractivity contribution < 1.29 is 9.18 Å². The van der Waals surface area contributed by atoms with E-state index in [0.717, 1.165) is 16.9 Å². The zero-order valence-corrected chi connectivity index (χ0v) is 18.3. The molecule has 3 aromatic carbocycles. The summed E-state index contributed by atoms with van der Waals surface area (Å²) in [6, 6.07) is 16.2. The smallest absolute Gasteiger partial charge is 0.254 e. The van der Waals surface area contributed by atoms with Gasteiger partial charge in [-0.25, -0.2) is 9.37 Å². The molecule has 1 heterocycles. The summed E-state index contributed by atoms with van der Waals surface area (Å²) in [5.74, 6) is -0.241. The molecule has 158 valence electrons. The second-order valence-electron chi connectivity index (χ2n) is 8.00. The Morgan fingerprint density at radius 1 is 0.968 bits per heavy atom. The summed E-state index contributed by atoms with van der Waals surface area (Å²) >= 11 is 0. The first-order chi connectivity index (χ1) is 14.9. The predicted molar refractivity (Wildman–Crippen MR) is 122 cm³/mol. The number of halogens is 1. The number of hydrogen-bond donors (Lipinski definition) is 1. The number of nitrogens with zero attached hydrogens (tertiary/aromatic N) is 2. The Hall–Kier alpha value is -3.47. The monoisotopic (exact) mass is 415 g/mol. The number of carbonyl (C=O) groups excluding carboxylic acids is 1. The normalized spacial score (nSPS) is 11.1. The van der Waals surface area contributed by atoms with E-state index in [1.807, 2.05) is 24.3 Å². The first-order valence-electron chi connectivity index (χ1n) is 10.4. The molecule has 0 saturated carbocycles. The summed E-state index contributed by atoms with van der Waals surface area (Å²) in [7, 11) is 0. The van der Waals surface area contributed by atoms with Gasteiger partial charge in [-0.15, -0.1) is 0 Å². The highest BCUT2D eigenvalue weighted by Gasteiger charge is 2.17. The molecule has 0 radical (unpaired) electrons. The van der Waals surface area contributed by atoms with E-state index in [1.165, 1.54) is 39.9 Å². The van der Waals surface area contributed by atoms with Crippen LogP contribution in [0, 0.1) is 33.5 Å². The number of para-hydroxylation sites is 2. The van der Waals surface area contributed by atoms with Gasteiger partial charge in [-0.3, -0.25) is 4.79 Å². The second kappa shape index (κ2) is 8.34. The van der Waals surface area contributed by atoms with Gasteiger partial charge in [-0.05, 0) is 79.8 Å². The molecular weight excluding hydrogens is 389 g/mol. The van der Waals surface area contributed by atoms with Crippen molar-refractivity contribution in [3.63, 3.8) is 0 Å². The van der Waals surface area contributed by atoms with Gasteiger partial charge >= 0.3 is 0 Å². The highest BCUT2D eigenvalue weighted by Crippen LogP contribution is 2.25. The van der Waals surface area contributed by atoms with Gasteiger partial charge in [0.25, 0.3) is 5.91 Å². The van der Waals surface area contributed by atoms with Crippen molar-refractivity contribution in [2.45, 2.75) is 40.8 Å². The van der Waals surface area contributed by atoms with Crippen LogP contribution in [0.15, 0.2) is 54.6 Å². The van der Waals surface area contributed by atoms with Crippen molar-refractivity contribution in [3.05, 3.63) is 99.6 Å². The van der Waals surface area contributed by atoms with E-state index in [4.69, 9.17) is 4.98 Å². The number of rotatable bonds is 5. The SMILES string of the molecule is Cc1cc(C)c(C)c(Cn2c(CNC(=O)c3ccccc3F)nc3ccccc32)c1C. The average molecular weight is 416 g/mol. The van der Waals surface area contributed by atoms with E-state index in [1.54, 1.807) is 12.1 Å². The van der Waals surface area contributed by atoms with Gasteiger partial charge in [-0.2, -0.15) is 0 Å². The largest absolute Gasteiger partial charge is 0.345 e. The van der Waals surface area contributed by atoms with Crippen molar-refractivity contribution in [1.29, 1.82) is 0 Å². The lowest BCUT2D eigenvalue weighted by Crippen LogP contribution is -2.26. The number of fused-ring (bicyclic) bond motifs is 1. The number of imidazole rings is 1. The van der Waals surface area contributed by atoms with Gasteiger partial charge in [0, 0.05) is 6.54 Å². The topological polar surface area (TPSA) is 46.9 Å². The van der Waals surface area contributed by atoms with Gasteiger partial charge in [0.05, 0.1) is 23.1 Å². The molecule has 4 aromatic rings. The highest BCUT2D eigenvalue weighted by molar-refractivity contribution is 5.94. The molecule has 0 atom stereocenters. The van der Waals surface area contributed by atoms with E-state index in [-0.39, 0.29) is 12.1 Å². The van der Waals surface area contributed by atoms with Crippen molar-refractivity contribution in [2.75, 3.05) is 0 Å². The van der Waals surface area contributed by atoms with E-state index in [2.05, 4.69) is 43.6 Å². The van der Waals surface area contributed by atoms with Crippen LogP contribution in [0.2, 0.25) is 0 Å². The fourth-order valence-corrected chi connectivity index (χ4v) is 4.03. The van der Waals surface area contributed by atoms with Gasteiger partial charge < -0.3 is 9.88 Å². The Morgan fingerprint density at radius 2 is 1.61 bits per heavy atom. The Kier molecular flexibility index (Phi) is 5.59. The number of aromatic nitrogens is 2. The lowest BCUT2D eigenvalue weighted by atomic mass is 9.94. The van der Waals surface area contributed by atoms with Crippen LogP contribution in [0.1, 0.15) is 44.0 Å². The Labute approximate surface area is 181 Å². The van der Waals surface area contributed by atoms with Crippen LogP contribution in [0.3, 0.4) is 0 Å². The van der Waals surface area contributed by atoms with Gasteiger partial charge in [0.1, 0.15) is 11.6 Å².